The summed E-state index contributed by atoms with van der Waals surface area (Å²) in [7, 11) is 0. The van der Waals surface area contributed by atoms with Gasteiger partial charge in [0.25, 0.3) is 0 Å². The van der Waals surface area contributed by atoms with Crippen LogP contribution in [0.5, 0.6) is 0 Å². The number of nitrogens with one attached hydrogen (secondary N) is 1. The van der Waals surface area contributed by atoms with E-state index >= 15 is 0 Å². The van der Waals surface area contributed by atoms with E-state index in [1.54, 1.807) is 16.1 Å². The van der Waals surface area contributed by atoms with Crippen molar-refractivity contribution in [2.24, 2.45) is 0 Å². The predicted octanol–water partition coefficient (Wildman–Crippen LogP) is 3.68. The summed E-state index contributed by atoms with van der Waals surface area (Å²) in [4.78, 5) is 28.9. The average molecular weight is 386 g/mol. The average Bonchev–Trinajstić information content (AvgIpc) is 3.22. The Morgan fingerprint density at radius 3 is 2.46 bits per heavy atom. The fraction of sp³-hybridized carbons (Fsp3) is 0.455. The van der Waals surface area contributed by atoms with Crippen LogP contribution in [0.4, 0.5) is 4.79 Å². The molecule has 1 heterocycles. The zero-order valence-electron chi connectivity index (χ0n) is 17.1. The molecule has 1 aromatic carbocycles. The van der Waals surface area contributed by atoms with Crippen molar-refractivity contribution in [1.29, 1.82) is 0 Å². The lowest BCUT2D eigenvalue weighted by Gasteiger charge is -2.31. The largest absolute Gasteiger partial charge is 0.467 e. The van der Waals surface area contributed by atoms with E-state index in [1.165, 1.54) is 5.56 Å². The third-order valence-electron chi connectivity index (χ3n) is 4.81. The summed E-state index contributed by atoms with van der Waals surface area (Å²) < 4.78 is 5.44. The summed E-state index contributed by atoms with van der Waals surface area (Å²) in [5, 5.41) is 2.81. The molecule has 0 saturated carbocycles. The molecule has 6 nitrogen and oxygen atoms in total. The number of furan rings is 1. The van der Waals surface area contributed by atoms with Gasteiger partial charge in [-0.2, -0.15) is 0 Å². The van der Waals surface area contributed by atoms with Crippen molar-refractivity contribution in [1.82, 2.24) is 15.1 Å². The highest BCUT2D eigenvalue weighted by Gasteiger charge is 2.24. The van der Waals surface area contributed by atoms with Crippen LogP contribution in [0.25, 0.3) is 0 Å². The van der Waals surface area contributed by atoms with Gasteiger partial charge in [0.2, 0.25) is 5.91 Å². The first-order valence-corrected chi connectivity index (χ1v) is 9.93. The number of hydrogen-bond acceptors (Lipinski definition) is 3. The fourth-order valence-electron chi connectivity index (χ4n) is 2.94. The number of carbonyl (C=O) groups excluding carboxylic acids is 2. The van der Waals surface area contributed by atoms with E-state index in [2.05, 4.69) is 17.4 Å². The van der Waals surface area contributed by atoms with Crippen molar-refractivity contribution in [3.8, 4) is 0 Å². The van der Waals surface area contributed by atoms with Gasteiger partial charge in [0.15, 0.2) is 0 Å². The maximum atomic E-state index is 13.1. The second-order valence-electron chi connectivity index (χ2n) is 6.85. The van der Waals surface area contributed by atoms with Crippen LogP contribution >= 0.6 is 0 Å². The van der Waals surface area contributed by atoms with Crippen LogP contribution in [0.15, 0.2) is 53.1 Å². The monoisotopic (exact) mass is 385 g/mol. The van der Waals surface area contributed by atoms with Gasteiger partial charge >= 0.3 is 6.03 Å². The van der Waals surface area contributed by atoms with Crippen LogP contribution in [0, 0.1) is 0 Å². The Hall–Kier alpha value is -2.76. The topological polar surface area (TPSA) is 65.8 Å². The zero-order valence-corrected chi connectivity index (χ0v) is 17.1. The number of nitrogens with zero attached hydrogens (tertiary/aromatic N) is 2. The van der Waals surface area contributed by atoms with Crippen molar-refractivity contribution in [2.45, 2.75) is 46.2 Å². The van der Waals surface area contributed by atoms with Crippen LogP contribution in [0.1, 0.15) is 38.5 Å². The number of carbonyl (C=O) groups is 2. The molecule has 0 radical (unpaired) electrons. The van der Waals surface area contributed by atoms with Crippen molar-refractivity contribution in [3.05, 3.63) is 60.1 Å². The van der Waals surface area contributed by atoms with E-state index in [0.29, 0.717) is 19.6 Å². The van der Waals surface area contributed by atoms with Gasteiger partial charge in [-0.1, -0.05) is 37.3 Å². The van der Waals surface area contributed by atoms with Crippen molar-refractivity contribution < 1.29 is 14.0 Å². The highest BCUT2D eigenvalue weighted by Crippen LogP contribution is 2.11. The minimum Gasteiger partial charge on any atom is -0.467 e. The van der Waals surface area contributed by atoms with Crippen LogP contribution in [0.2, 0.25) is 0 Å². The molecule has 152 valence electrons. The molecule has 1 aromatic heterocycles. The van der Waals surface area contributed by atoms with E-state index in [9.17, 15) is 9.59 Å². The van der Waals surface area contributed by atoms with Gasteiger partial charge in [0.05, 0.1) is 12.8 Å². The minimum atomic E-state index is -0.203. The summed E-state index contributed by atoms with van der Waals surface area (Å²) in [5.41, 5.74) is 1.17. The molecule has 2 rings (SSSR count). The third-order valence-corrected chi connectivity index (χ3v) is 4.81. The van der Waals surface area contributed by atoms with Gasteiger partial charge < -0.3 is 19.5 Å². The maximum Gasteiger partial charge on any atom is 0.318 e. The number of rotatable bonds is 10. The van der Waals surface area contributed by atoms with Gasteiger partial charge in [-0.15, -0.1) is 0 Å². The lowest BCUT2D eigenvalue weighted by molar-refractivity contribution is -0.133. The van der Waals surface area contributed by atoms with E-state index < -0.39 is 0 Å². The lowest BCUT2D eigenvalue weighted by atomic mass is 10.1. The summed E-state index contributed by atoms with van der Waals surface area (Å²) in [6, 6.07) is 13.5. The van der Waals surface area contributed by atoms with E-state index in [0.717, 1.165) is 18.6 Å². The van der Waals surface area contributed by atoms with Crippen LogP contribution in [0.3, 0.4) is 0 Å². The van der Waals surface area contributed by atoms with Crippen LogP contribution in [-0.4, -0.2) is 47.4 Å². The molecule has 0 saturated heterocycles. The first-order valence-electron chi connectivity index (χ1n) is 9.93. The SMILES string of the molecule is CCNC(=O)N(CC(=O)N(CCc1ccccc1)Cc1ccco1)[C@@H](C)CC. The highest BCUT2D eigenvalue weighted by atomic mass is 16.3. The molecule has 2 aromatic rings. The Morgan fingerprint density at radius 2 is 1.86 bits per heavy atom. The van der Waals surface area contributed by atoms with Crippen molar-refractivity contribution in [2.75, 3.05) is 19.6 Å². The maximum absolute atomic E-state index is 13.1. The number of hydrogen-bond donors (Lipinski definition) is 1. The van der Waals surface area contributed by atoms with Gasteiger partial charge in [0.1, 0.15) is 12.3 Å². The fourth-order valence-corrected chi connectivity index (χ4v) is 2.94. The Balaban J connectivity index is 2.10. The minimum absolute atomic E-state index is 0.0184. The van der Waals surface area contributed by atoms with E-state index in [4.69, 9.17) is 4.42 Å². The summed E-state index contributed by atoms with van der Waals surface area (Å²) in [6.07, 6.45) is 3.14. The Kier molecular flexibility index (Phi) is 8.59. The lowest BCUT2D eigenvalue weighted by Crippen LogP contribution is -2.50. The number of amides is 3. The van der Waals surface area contributed by atoms with Crippen molar-refractivity contribution >= 4 is 11.9 Å². The number of benzene rings is 1. The molecular weight excluding hydrogens is 354 g/mol. The molecule has 0 aliphatic heterocycles. The zero-order chi connectivity index (χ0) is 20.4. The Morgan fingerprint density at radius 1 is 1.11 bits per heavy atom. The third kappa shape index (κ3) is 6.44. The van der Waals surface area contributed by atoms with E-state index in [1.807, 2.05) is 51.1 Å². The molecule has 0 spiro atoms. The second-order valence-corrected chi connectivity index (χ2v) is 6.85. The molecule has 0 unspecified atom stereocenters. The molecule has 0 aliphatic carbocycles. The molecule has 0 fully saturated rings. The van der Waals surface area contributed by atoms with Crippen LogP contribution in [-0.2, 0) is 17.8 Å². The predicted molar refractivity (Wildman–Crippen MR) is 110 cm³/mol. The first kappa shape index (κ1) is 21.5. The molecule has 1 N–H and O–H groups in total. The Labute approximate surface area is 167 Å². The van der Waals surface area contributed by atoms with Gasteiger partial charge in [-0.3, -0.25) is 4.79 Å². The number of urea groups is 1. The highest BCUT2D eigenvalue weighted by molar-refractivity contribution is 5.84. The molecule has 0 bridgehead atoms. The molecule has 3 amide bonds. The van der Waals surface area contributed by atoms with Gasteiger partial charge in [-0.25, -0.2) is 4.79 Å². The van der Waals surface area contributed by atoms with Crippen LogP contribution < -0.4 is 5.32 Å². The molecule has 28 heavy (non-hydrogen) atoms. The molecule has 1 atom stereocenters. The Bertz CT molecular complexity index is 716. The summed E-state index contributed by atoms with van der Waals surface area (Å²) >= 11 is 0. The summed E-state index contributed by atoms with van der Waals surface area (Å²) in [5.74, 6) is 0.647. The quantitative estimate of drug-likeness (QED) is 0.678. The molecule has 0 aliphatic rings. The second kappa shape index (κ2) is 11.2. The van der Waals surface area contributed by atoms with Gasteiger partial charge in [-0.05, 0) is 44.4 Å². The van der Waals surface area contributed by atoms with Gasteiger partial charge in [0, 0.05) is 19.1 Å². The van der Waals surface area contributed by atoms with Crippen molar-refractivity contribution in [3.63, 3.8) is 0 Å². The normalized spacial score (nSPS) is 11.7. The standard InChI is InChI=1S/C22H31N3O3/c1-4-18(3)25(22(27)23-5-2)17-21(26)24(16-20-12-9-15-28-20)14-13-19-10-7-6-8-11-19/h6-12,15,18H,4-5,13-14,16-17H2,1-3H3,(H,23,27)/t18-/m0/s1. The molecule has 6 heteroatoms. The summed E-state index contributed by atoms with van der Waals surface area (Å²) in [6.45, 7) is 7.38. The molecular formula is C22H31N3O3. The first-order chi connectivity index (χ1) is 13.5. The van der Waals surface area contributed by atoms with E-state index in [-0.39, 0.29) is 24.5 Å². The smallest absolute Gasteiger partial charge is 0.318 e.